The molecule has 1 atom stereocenters. The number of phenols is 1. The molecule has 0 saturated carbocycles. The van der Waals surface area contributed by atoms with Crippen LogP contribution in [0.2, 0.25) is 0 Å². The number of ether oxygens (including phenoxy) is 1. The van der Waals surface area contributed by atoms with Gasteiger partial charge in [-0.25, -0.2) is 0 Å². The summed E-state index contributed by atoms with van der Waals surface area (Å²) in [6, 6.07) is 3.96. The zero-order chi connectivity index (χ0) is 17.6. The number of nitrogens with one attached hydrogen (secondary N) is 1. The lowest BCUT2D eigenvalue weighted by Gasteiger charge is -2.35. The average molecular weight is 329 g/mol. The molecule has 1 unspecified atom stereocenters. The van der Waals surface area contributed by atoms with E-state index in [1.54, 1.807) is 0 Å². The van der Waals surface area contributed by atoms with Crippen LogP contribution in [0.4, 0.5) is 0 Å². The number of phenolic OH excluding ortho intramolecular Hbond substituents is 1. The third kappa shape index (κ3) is 4.64. The molecule has 2 N–H and O–H groups in total. The fourth-order valence-corrected chi connectivity index (χ4v) is 3.06. The maximum Gasteiger partial charge on any atom is 0.180 e. The topological polar surface area (TPSA) is 41.5 Å². The minimum Gasteiger partial charge on any atom is -0.507 e. The highest BCUT2D eigenvalue weighted by Crippen LogP contribution is 2.38. The van der Waals surface area contributed by atoms with E-state index >= 15 is 0 Å². The van der Waals surface area contributed by atoms with Crippen molar-refractivity contribution in [3.63, 3.8) is 0 Å². The summed E-state index contributed by atoms with van der Waals surface area (Å²) >= 11 is 0. The number of hydrogen-bond acceptors (Lipinski definition) is 3. The molecule has 0 aromatic heterocycles. The van der Waals surface area contributed by atoms with E-state index in [4.69, 9.17) is 4.74 Å². The number of likely N-dealkylation sites (N-methyl/N-ethyl adjacent to an activating group) is 1. The van der Waals surface area contributed by atoms with Gasteiger partial charge < -0.3 is 9.84 Å². The first kappa shape index (κ1) is 18.6. The molecule has 24 heavy (non-hydrogen) atoms. The number of benzene rings is 1. The molecular formula is C21H31NO2. The van der Waals surface area contributed by atoms with Gasteiger partial charge in [0.1, 0.15) is 11.5 Å². The molecule has 1 aromatic carbocycles. The van der Waals surface area contributed by atoms with Crippen molar-refractivity contribution < 1.29 is 9.84 Å². The van der Waals surface area contributed by atoms with Crippen LogP contribution in [0, 0.1) is 0 Å². The van der Waals surface area contributed by atoms with Gasteiger partial charge >= 0.3 is 0 Å². The number of allylic oxidation sites excluding steroid dienone is 2. The molecule has 0 bridgehead atoms. The number of fused-ring (bicyclic) bond motifs is 1. The van der Waals surface area contributed by atoms with Crippen LogP contribution in [0.3, 0.4) is 0 Å². The molecule has 1 heterocycles. The second kappa shape index (κ2) is 8.39. The fraction of sp³-hybridized carbons (Fsp3) is 0.524. The van der Waals surface area contributed by atoms with Gasteiger partial charge in [-0.15, -0.1) is 0 Å². The van der Waals surface area contributed by atoms with Crippen LogP contribution in [0.15, 0.2) is 29.9 Å². The Bertz CT molecular complexity index is 615. The zero-order valence-electron chi connectivity index (χ0n) is 15.5. The van der Waals surface area contributed by atoms with Gasteiger partial charge in [-0.1, -0.05) is 31.4 Å². The minimum absolute atomic E-state index is 0.309. The van der Waals surface area contributed by atoms with Gasteiger partial charge in [-0.05, 0) is 70.0 Å². The molecule has 0 radical (unpaired) electrons. The Morgan fingerprint density at radius 1 is 1.29 bits per heavy atom. The summed E-state index contributed by atoms with van der Waals surface area (Å²) < 4.78 is 6.29. The van der Waals surface area contributed by atoms with Gasteiger partial charge in [0.15, 0.2) is 5.72 Å². The van der Waals surface area contributed by atoms with Crippen LogP contribution >= 0.6 is 0 Å². The van der Waals surface area contributed by atoms with E-state index < -0.39 is 5.72 Å². The van der Waals surface area contributed by atoms with Crippen molar-refractivity contribution in [2.24, 2.45) is 0 Å². The normalized spacial score (nSPS) is 18.8. The second-order valence-corrected chi connectivity index (χ2v) is 6.88. The third-order valence-corrected chi connectivity index (χ3v) is 4.55. The number of rotatable bonds is 8. The number of aromatic hydroxyl groups is 1. The molecule has 0 spiro atoms. The molecule has 3 heteroatoms. The Hall–Kier alpha value is -1.74. The quantitative estimate of drug-likeness (QED) is 0.509. The van der Waals surface area contributed by atoms with Crippen LogP contribution in [0.25, 0.3) is 6.08 Å². The van der Waals surface area contributed by atoms with E-state index in [2.05, 4.69) is 38.2 Å². The summed E-state index contributed by atoms with van der Waals surface area (Å²) in [7, 11) is 1.92. The van der Waals surface area contributed by atoms with Crippen LogP contribution in [0.1, 0.15) is 64.0 Å². The molecule has 3 nitrogen and oxygen atoms in total. The first-order valence-electron chi connectivity index (χ1n) is 9.06. The highest BCUT2D eigenvalue weighted by molar-refractivity contribution is 5.67. The maximum atomic E-state index is 10.3. The van der Waals surface area contributed by atoms with E-state index in [9.17, 15) is 5.11 Å². The van der Waals surface area contributed by atoms with E-state index in [1.807, 2.05) is 25.3 Å². The predicted molar refractivity (Wildman–Crippen MR) is 101 cm³/mol. The molecule has 0 amide bonds. The Morgan fingerprint density at radius 2 is 2.08 bits per heavy atom. The summed E-state index contributed by atoms with van der Waals surface area (Å²) in [5.74, 6) is 1.08. The lowest BCUT2D eigenvalue weighted by Crippen LogP contribution is -2.47. The Balaban J connectivity index is 2.19. The van der Waals surface area contributed by atoms with E-state index in [1.165, 1.54) is 18.4 Å². The Labute approximate surface area is 146 Å². The monoisotopic (exact) mass is 329 g/mol. The van der Waals surface area contributed by atoms with Gasteiger partial charge in [0.2, 0.25) is 0 Å². The Morgan fingerprint density at radius 3 is 2.75 bits per heavy atom. The molecule has 0 aliphatic carbocycles. The molecule has 0 fully saturated rings. The summed E-state index contributed by atoms with van der Waals surface area (Å²) in [6.07, 6.45) is 12.5. The first-order chi connectivity index (χ1) is 11.5. The predicted octanol–water partition coefficient (Wildman–Crippen LogP) is 5.19. The molecular weight excluding hydrogens is 298 g/mol. The summed E-state index contributed by atoms with van der Waals surface area (Å²) in [4.78, 5) is 0. The lowest BCUT2D eigenvalue weighted by molar-refractivity contribution is 0.0796. The smallest absolute Gasteiger partial charge is 0.180 e. The van der Waals surface area contributed by atoms with Gasteiger partial charge in [0.05, 0.1) is 5.56 Å². The Kier molecular flexibility index (Phi) is 6.50. The molecule has 2 rings (SSSR count). The van der Waals surface area contributed by atoms with Crippen molar-refractivity contribution in [2.45, 2.75) is 65.0 Å². The molecule has 132 valence electrons. The van der Waals surface area contributed by atoms with Crippen LogP contribution in [0.5, 0.6) is 11.5 Å². The average Bonchev–Trinajstić information content (AvgIpc) is 2.54. The number of hydrogen-bond donors (Lipinski definition) is 2. The summed E-state index contributed by atoms with van der Waals surface area (Å²) in [5.41, 5.74) is 2.73. The maximum absolute atomic E-state index is 10.3. The first-order valence-corrected chi connectivity index (χ1v) is 9.06. The zero-order valence-corrected chi connectivity index (χ0v) is 15.5. The third-order valence-electron chi connectivity index (χ3n) is 4.55. The van der Waals surface area contributed by atoms with Crippen molar-refractivity contribution in [1.82, 2.24) is 5.32 Å². The SMILES string of the molecule is CCCCCc1cc(O)c2c(c1)OC(CCC=C(C)C)(NC)C=C2. The molecule has 1 aromatic rings. The summed E-state index contributed by atoms with van der Waals surface area (Å²) in [5, 5.41) is 13.6. The van der Waals surface area contributed by atoms with E-state index in [0.717, 1.165) is 42.6 Å². The highest BCUT2D eigenvalue weighted by Gasteiger charge is 2.31. The van der Waals surface area contributed by atoms with Crippen LogP contribution in [-0.4, -0.2) is 17.9 Å². The standard InChI is InChI=1S/C21H31NO2/c1-5-6-7-10-17-14-19(23)18-11-13-21(22-4,24-20(18)15-17)12-8-9-16(2)3/h9,11,13-15,22-23H,5-8,10,12H2,1-4H3. The highest BCUT2D eigenvalue weighted by atomic mass is 16.5. The minimum atomic E-state index is -0.507. The van der Waals surface area contributed by atoms with Gasteiger partial charge in [0.25, 0.3) is 0 Å². The number of unbranched alkanes of at least 4 members (excludes halogenated alkanes) is 2. The second-order valence-electron chi connectivity index (χ2n) is 6.88. The molecule has 1 aliphatic heterocycles. The van der Waals surface area contributed by atoms with E-state index in [-0.39, 0.29) is 0 Å². The van der Waals surface area contributed by atoms with Crippen molar-refractivity contribution in [1.29, 1.82) is 0 Å². The van der Waals surface area contributed by atoms with Gasteiger partial charge in [0, 0.05) is 6.42 Å². The van der Waals surface area contributed by atoms with Crippen LogP contribution < -0.4 is 10.1 Å². The fourth-order valence-electron chi connectivity index (χ4n) is 3.06. The van der Waals surface area contributed by atoms with E-state index in [0.29, 0.717) is 5.75 Å². The summed E-state index contributed by atoms with van der Waals surface area (Å²) in [6.45, 7) is 6.42. The largest absolute Gasteiger partial charge is 0.507 e. The number of aryl methyl sites for hydroxylation is 1. The van der Waals surface area contributed by atoms with Crippen molar-refractivity contribution in [3.05, 3.63) is 41.0 Å². The van der Waals surface area contributed by atoms with Gasteiger partial charge in [-0.2, -0.15) is 0 Å². The van der Waals surface area contributed by atoms with Crippen molar-refractivity contribution >= 4 is 6.08 Å². The van der Waals surface area contributed by atoms with Crippen LogP contribution in [-0.2, 0) is 6.42 Å². The molecule has 1 aliphatic rings. The van der Waals surface area contributed by atoms with Crippen molar-refractivity contribution in [3.8, 4) is 11.5 Å². The van der Waals surface area contributed by atoms with Crippen molar-refractivity contribution in [2.75, 3.05) is 7.05 Å². The lowest BCUT2D eigenvalue weighted by atomic mass is 9.97. The van der Waals surface area contributed by atoms with Gasteiger partial charge in [-0.3, -0.25) is 5.32 Å². The molecule has 0 saturated heterocycles.